The fourth-order valence-electron chi connectivity index (χ4n) is 1.83. The summed E-state index contributed by atoms with van der Waals surface area (Å²) in [7, 11) is 0. The van der Waals surface area contributed by atoms with Crippen LogP contribution in [0, 0.1) is 5.92 Å². The summed E-state index contributed by atoms with van der Waals surface area (Å²) in [6, 6.07) is 3.71. The van der Waals surface area contributed by atoms with Crippen LogP contribution in [-0.4, -0.2) is 21.1 Å². The number of aromatic nitrogens is 3. The van der Waals surface area contributed by atoms with Crippen molar-refractivity contribution in [3.8, 4) is 0 Å². The van der Waals surface area contributed by atoms with Crippen molar-refractivity contribution in [2.24, 2.45) is 5.92 Å². The fourth-order valence-corrected chi connectivity index (χ4v) is 1.83. The minimum atomic E-state index is 0.0319. The second-order valence-electron chi connectivity index (χ2n) is 3.98. The minimum absolute atomic E-state index is 0.0319. The lowest BCUT2D eigenvalue weighted by Gasteiger charge is -2.11. The molecule has 2 N–H and O–H groups in total. The van der Waals surface area contributed by atoms with Crippen LogP contribution < -0.4 is 5.32 Å². The molecule has 0 saturated carbocycles. The third kappa shape index (κ3) is 2.27. The Morgan fingerprint density at radius 1 is 1.47 bits per heavy atom. The van der Waals surface area contributed by atoms with Crippen molar-refractivity contribution >= 4 is 22.8 Å². The number of H-pyrrole nitrogens is 1. The number of carbonyl (C=O) groups excluding carboxylic acids is 1. The molecule has 2 aromatic heterocycles. The van der Waals surface area contributed by atoms with Crippen molar-refractivity contribution in [1.82, 2.24) is 15.2 Å². The van der Waals surface area contributed by atoms with Gasteiger partial charge >= 0.3 is 0 Å². The molecular weight excluding hydrogens is 216 g/mol. The highest BCUT2D eigenvalue weighted by Gasteiger charge is 2.16. The third-order valence-electron chi connectivity index (χ3n) is 2.93. The molecule has 90 valence electrons. The number of carbonyl (C=O) groups is 1. The largest absolute Gasteiger partial charge is 0.310 e. The molecule has 0 saturated heterocycles. The number of hydrogen-bond acceptors (Lipinski definition) is 3. The molecule has 0 atom stereocenters. The molecule has 0 aliphatic heterocycles. The van der Waals surface area contributed by atoms with Crippen molar-refractivity contribution in [2.75, 3.05) is 5.32 Å². The quantitative estimate of drug-likeness (QED) is 0.849. The predicted molar refractivity (Wildman–Crippen MR) is 66.6 cm³/mol. The number of hydrogen-bond donors (Lipinski definition) is 2. The van der Waals surface area contributed by atoms with Gasteiger partial charge in [0.1, 0.15) is 5.82 Å². The van der Waals surface area contributed by atoms with E-state index in [1.807, 2.05) is 26.0 Å². The third-order valence-corrected chi connectivity index (χ3v) is 2.93. The normalized spacial score (nSPS) is 11.0. The van der Waals surface area contributed by atoms with Gasteiger partial charge in [-0.05, 0) is 25.0 Å². The molecule has 0 fully saturated rings. The van der Waals surface area contributed by atoms with E-state index in [0.29, 0.717) is 11.5 Å². The first-order chi connectivity index (χ1) is 8.26. The number of nitrogens with zero attached hydrogens (tertiary/aromatic N) is 2. The monoisotopic (exact) mass is 232 g/mol. The van der Waals surface area contributed by atoms with Crippen molar-refractivity contribution < 1.29 is 4.79 Å². The average Bonchev–Trinajstić information content (AvgIpc) is 2.74. The highest BCUT2D eigenvalue weighted by Crippen LogP contribution is 2.19. The maximum atomic E-state index is 11.9. The highest BCUT2D eigenvalue weighted by molar-refractivity contribution is 5.99. The molecule has 5 heteroatoms. The zero-order chi connectivity index (χ0) is 12.3. The van der Waals surface area contributed by atoms with Gasteiger partial charge < -0.3 is 5.32 Å². The zero-order valence-corrected chi connectivity index (χ0v) is 10.0. The fraction of sp³-hybridized carbons (Fsp3) is 0.417. The van der Waals surface area contributed by atoms with Gasteiger partial charge in [-0.25, -0.2) is 4.98 Å². The number of rotatable bonds is 4. The van der Waals surface area contributed by atoms with E-state index in [9.17, 15) is 4.79 Å². The van der Waals surface area contributed by atoms with E-state index in [0.717, 1.165) is 18.2 Å². The number of nitrogens with one attached hydrogen (secondary N) is 2. The summed E-state index contributed by atoms with van der Waals surface area (Å²) in [6.07, 6.45) is 3.36. The summed E-state index contributed by atoms with van der Waals surface area (Å²) in [5, 5.41) is 10.5. The number of amides is 1. The molecule has 0 unspecified atom stereocenters. The van der Waals surface area contributed by atoms with Crippen LogP contribution >= 0.6 is 0 Å². The molecular formula is C12H16N4O. The number of anilines is 1. The van der Waals surface area contributed by atoms with E-state index in [1.54, 1.807) is 6.20 Å². The summed E-state index contributed by atoms with van der Waals surface area (Å²) < 4.78 is 0. The molecule has 2 aromatic rings. The van der Waals surface area contributed by atoms with Crippen molar-refractivity contribution in [1.29, 1.82) is 0 Å². The first-order valence-corrected chi connectivity index (χ1v) is 5.86. The van der Waals surface area contributed by atoms with Crippen LogP contribution in [0.15, 0.2) is 18.3 Å². The summed E-state index contributed by atoms with van der Waals surface area (Å²) >= 11 is 0. The molecule has 0 bridgehead atoms. The van der Waals surface area contributed by atoms with Crippen LogP contribution in [0.4, 0.5) is 5.82 Å². The lowest BCUT2D eigenvalue weighted by molar-refractivity contribution is -0.120. The second-order valence-corrected chi connectivity index (χ2v) is 3.98. The molecule has 0 aromatic carbocycles. The number of fused-ring (bicyclic) bond motifs is 1. The topological polar surface area (TPSA) is 70.7 Å². The van der Waals surface area contributed by atoms with Gasteiger partial charge in [0, 0.05) is 12.1 Å². The first kappa shape index (κ1) is 11.6. The lowest BCUT2D eigenvalue weighted by atomic mass is 10.0. The Morgan fingerprint density at radius 2 is 2.24 bits per heavy atom. The van der Waals surface area contributed by atoms with Gasteiger partial charge in [-0.3, -0.25) is 9.89 Å². The molecule has 1 amide bonds. The Balaban J connectivity index is 2.21. The predicted octanol–water partition coefficient (Wildman–Crippen LogP) is 2.33. The van der Waals surface area contributed by atoms with E-state index < -0.39 is 0 Å². The summed E-state index contributed by atoms with van der Waals surface area (Å²) in [6.45, 7) is 4.03. The Kier molecular flexibility index (Phi) is 3.37. The average molecular weight is 232 g/mol. The molecule has 0 spiro atoms. The van der Waals surface area contributed by atoms with Crippen LogP contribution in [0.2, 0.25) is 0 Å². The van der Waals surface area contributed by atoms with Crippen LogP contribution in [0.5, 0.6) is 0 Å². The van der Waals surface area contributed by atoms with E-state index in [-0.39, 0.29) is 11.8 Å². The Morgan fingerprint density at radius 3 is 2.94 bits per heavy atom. The summed E-state index contributed by atoms with van der Waals surface area (Å²) in [5.41, 5.74) is 0.618. The Bertz CT molecular complexity index is 516. The van der Waals surface area contributed by atoms with Crippen molar-refractivity contribution in [3.63, 3.8) is 0 Å². The van der Waals surface area contributed by atoms with Gasteiger partial charge in [-0.2, -0.15) is 5.10 Å². The summed E-state index contributed by atoms with van der Waals surface area (Å²) in [5.74, 6) is 0.708. The van der Waals surface area contributed by atoms with Gasteiger partial charge in [0.2, 0.25) is 5.91 Å². The molecule has 0 aliphatic rings. The molecule has 5 nitrogen and oxygen atoms in total. The smallest absolute Gasteiger partial charge is 0.228 e. The second kappa shape index (κ2) is 4.95. The van der Waals surface area contributed by atoms with E-state index in [4.69, 9.17) is 0 Å². The van der Waals surface area contributed by atoms with E-state index in [1.165, 1.54) is 0 Å². The standard InChI is InChI=1S/C12H16N4O/c1-3-8(4-2)12(17)14-11-9-6-5-7-13-10(9)15-16-11/h5-8H,3-4H2,1-2H3,(H2,13,14,15,16,17). The van der Waals surface area contributed by atoms with Crippen LogP contribution in [0.1, 0.15) is 26.7 Å². The van der Waals surface area contributed by atoms with Gasteiger partial charge in [0.15, 0.2) is 5.65 Å². The zero-order valence-electron chi connectivity index (χ0n) is 10.0. The molecule has 2 rings (SSSR count). The SMILES string of the molecule is CCC(CC)C(=O)Nc1[nH]nc2ncccc12. The maximum absolute atomic E-state index is 11.9. The minimum Gasteiger partial charge on any atom is -0.310 e. The van der Waals surface area contributed by atoms with Crippen LogP contribution in [0.3, 0.4) is 0 Å². The van der Waals surface area contributed by atoms with Gasteiger partial charge in [-0.1, -0.05) is 13.8 Å². The van der Waals surface area contributed by atoms with Crippen molar-refractivity contribution in [2.45, 2.75) is 26.7 Å². The van der Waals surface area contributed by atoms with E-state index in [2.05, 4.69) is 20.5 Å². The Hall–Kier alpha value is -1.91. The molecule has 17 heavy (non-hydrogen) atoms. The summed E-state index contributed by atoms with van der Waals surface area (Å²) in [4.78, 5) is 16.0. The van der Waals surface area contributed by atoms with Crippen LogP contribution in [-0.2, 0) is 4.79 Å². The van der Waals surface area contributed by atoms with E-state index >= 15 is 0 Å². The molecule has 2 heterocycles. The number of aromatic amines is 1. The van der Waals surface area contributed by atoms with Gasteiger partial charge in [0.05, 0.1) is 5.39 Å². The highest BCUT2D eigenvalue weighted by atomic mass is 16.1. The first-order valence-electron chi connectivity index (χ1n) is 5.86. The lowest BCUT2D eigenvalue weighted by Crippen LogP contribution is -2.21. The molecule has 0 aliphatic carbocycles. The molecule has 0 radical (unpaired) electrons. The van der Waals surface area contributed by atoms with Crippen molar-refractivity contribution in [3.05, 3.63) is 18.3 Å². The van der Waals surface area contributed by atoms with Crippen LogP contribution in [0.25, 0.3) is 11.0 Å². The Labute approximate surface area is 99.6 Å². The number of pyridine rings is 1. The van der Waals surface area contributed by atoms with Gasteiger partial charge in [0.25, 0.3) is 0 Å². The van der Waals surface area contributed by atoms with Gasteiger partial charge in [-0.15, -0.1) is 0 Å². The maximum Gasteiger partial charge on any atom is 0.228 e.